The Labute approximate surface area is 101 Å². The van der Waals surface area contributed by atoms with Crippen LogP contribution in [0.1, 0.15) is 17.8 Å². The molecule has 1 saturated heterocycles. The molecule has 1 aliphatic heterocycles. The van der Waals surface area contributed by atoms with E-state index in [1.165, 1.54) is 0 Å². The molecule has 1 aromatic rings. The zero-order valence-corrected chi connectivity index (χ0v) is 10.4. The van der Waals surface area contributed by atoms with Crippen LogP contribution in [0.2, 0.25) is 0 Å². The first-order valence-corrected chi connectivity index (χ1v) is 4.48. The Morgan fingerprint density at radius 1 is 1.47 bits per heavy atom. The van der Waals surface area contributed by atoms with Crippen LogP contribution in [0.3, 0.4) is 0 Å². The summed E-state index contributed by atoms with van der Waals surface area (Å²) in [6.45, 7) is 4.81. The molecular weight excluding hydrogens is 239 g/mol. The second-order valence-electron chi connectivity index (χ2n) is 3.45. The highest BCUT2D eigenvalue weighted by Gasteiger charge is 2.22. The lowest BCUT2D eigenvalue weighted by molar-refractivity contribution is 0.208. The van der Waals surface area contributed by atoms with Gasteiger partial charge in [0.2, 0.25) is 5.89 Å². The van der Waals surface area contributed by atoms with Crippen LogP contribution in [0, 0.1) is 6.92 Å². The van der Waals surface area contributed by atoms with Crippen molar-refractivity contribution >= 4 is 24.8 Å². The highest BCUT2D eigenvalue weighted by molar-refractivity contribution is 5.85. The van der Waals surface area contributed by atoms with Gasteiger partial charge in [-0.25, -0.2) is 0 Å². The Morgan fingerprint density at radius 3 is 2.73 bits per heavy atom. The van der Waals surface area contributed by atoms with E-state index in [2.05, 4.69) is 27.4 Å². The van der Waals surface area contributed by atoms with E-state index in [1.807, 2.05) is 6.92 Å². The molecule has 1 aliphatic rings. The van der Waals surface area contributed by atoms with E-state index in [0.717, 1.165) is 19.6 Å². The van der Waals surface area contributed by atoms with E-state index in [0.29, 0.717) is 11.7 Å². The lowest BCUT2D eigenvalue weighted by atomic mass is 10.2. The third-order valence-corrected chi connectivity index (χ3v) is 2.22. The van der Waals surface area contributed by atoms with Crippen molar-refractivity contribution in [3.63, 3.8) is 0 Å². The normalized spacial score (nSPS) is 21.6. The molecule has 0 bridgehead atoms. The molecule has 0 saturated carbocycles. The van der Waals surface area contributed by atoms with Crippen molar-refractivity contribution in [3.05, 3.63) is 11.7 Å². The van der Waals surface area contributed by atoms with Gasteiger partial charge in [0.15, 0.2) is 5.82 Å². The number of piperazine rings is 1. The minimum Gasteiger partial charge on any atom is -0.338 e. The summed E-state index contributed by atoms with van der Waals surface area (Å²) in [6.07, 6.45) is 0. The SMILES string of the molecule is Cc1noc(C2CN(C)CCN2)n1.Cl.Cl. The monoisotopic (exact) mass is 254 g/mol. The molecule has 2 heterocycles. The second kappa shape index (κ2) is 6.27. The molecule has 0 amide bonds. The molecule has 1 N–H and O–H groups in total. The number of nitrogens with one attached hydrogen (secondary N) is 1. The maximum absolute atomic E-state index is 5.10. The van der Waals surface area contributed by atoms with Gasteiger partial charge in [0.25, 0.3) is 0 Å². The first-order valence-electron chi connectivity index (χ1n) is 4.48. The number of rotatable bonds is 1. The summed E-state index contributed by atoms with van der Waals surface area (Å²) in [5.74, 6) is 1.40. The third kappa shape index (κ3) is 3.61. The van der Waals surface area contributed by atoms with Gasteiger partial charge in [-0.3, -0.25) is 0 Å². The maximum atomic E-state index is 5.10. The van der Waals surface area contributed by atoms with Gasteiger partial charge < -0.3 is 14.7 Å². The fourth-order valence-corrected chi connectivity index (χ4v) is 1.52. The Bertz CT molecular complexity index is 294. The van der Waals surface area contributed by atoms with Crippen LogP contribution in [-0.4, -0.2) is 41.7 Å². The topological polar surface area (TPSA) is 54.2 Å². The Balaban J connectivity index is 0.000000980. The van der Waals surface area contributed by atoms with Crippen molar-refractivity contribution in [3.8, 4) is 0 Å². The fraction of sp³-hybridized carbons (Fsp3) is 0.750. The van der Waals surface area contributed by atoms with Crippen molar-refractivity contribution in [1.29, 1.82) is 0 Å². The smallest absolute Gasteiger partial charge is 0.245 e. The predicted molar refractivity (Wildman–Crippen MR) is 61.8 cm³/mol. The molecule has 1 atom stereocenters. The number of nitrogens with zero attached hydrogens (tertiary/aromatic N) is 3. The summed E-state index contributed by atoms with van der Waals surface area (Å²) in [4.78, 5) is 6.45. The lowest BCUT2D eigenvalue weighted by Crippen LogP contribution is -2.43. The van der Waals surface area contributed by atoms with E-state index < -0.39 is 0 Å². The second-order valence-corrected chi connectivity index (χ2v) is 3.45. The summed E-state index contributed by atoms with van der Waals surface area (Å²) in [6, 6.07) is 0.194. The zero-order chi connectivity index (χ0) is 9.26. The van der Waals surface area contributed by atoms with Crippen LogP contribution in [0.5, 0.6) is 0 Å². The summed E-state index contributed by atoms with van der Waals surface area (Å²) in [5, 5.41) is 7.11. The highest BCUT2D eigenvalue weighted by Crippen LogP contribution is 2.13. The fourth-order valence-electron chi connectivity index (χ4n) is 1.52. The van der Waals surface area contributed by atoms with Crippen LogP contribution in [0.25, 0.3) is 0 Å². The zero-order valence-electron chi connectivity index (χ0n) is 8.77. The van der Waals surface area contributed by atoms with Crippen molar-refractivity contribution in [1.82, 2.24) is 20.4 Å². The number of likely N-dealkylation sites (N-methyl/N-ethyl adjacent to an activating group) is 1. The van der Waals surface area contributed by atoms with Crippen LogP contribution < -0.4 is 5.32 Å². The van der Waals surface area contributed by atoms with Gasteiger partial charge in [0.1, 0.15) is 6.04 Å². The van der Waals surface area contributed by atoms with E-state index >= 15 is 0 Å². The summed E-state index contributed by atoms with van der Waals surface area (Å²) in [7, 11) is 2.09. The van der Waals surface area contributed by atoms with Crippen LogP contribution in [0.15, 0.2) is 4.52 Å². The van der Waals surface area contributed by atoms with Crippen molar-refractivity contribution < 1.29 is 4.52 Å². The van der Waals surface area contributed by atoms with E-state index in [-0.39, 0.29) is 30.9 Å². The van der Waals surface area contributed by atoms with Gasteiger partial charge in [-0.05, 0) is 14.0 Å². The van der Waals surface area contributed by atoms with Gasteiger partial charge in [-0.1, -0.05) is 5.16 Å². The Morgan fingerprint density at radius 2 is 2.20 bits per heavy atom. The number of halogens is 2. The van der Waals surface area contributed by atoms with Crippen LogP contribution >= 0.6 is 24.8 Å². The molecule has 0 radical (unpaired) electrons. The molecule has 7 heteroatoms. The van der Waals surface area contributed by atoms with Crippen LogP contribution in [0.4, 0.5) is 0 Å². The van der Waals surface area contributed by atoms with Gasteiger partial charge in [-0.15, -0.1) is 24.8 Å². The summed E-state index contributed by atoms with van der Waals surface area (Å²) < 4.78 is 5.10. The minimum absolute atomic E-state index is 0. The molecular formula is C8H16Cl2N4O. The summed E-state index contributed by atoms with van der Waals surface area (Å²) >= 11 is 0. The molecule has 5 nitrogen and oxygen atoms in total. The molecule has 2 rings (SSSR count). The first-order chi connectivity index (χ1) is 6.25. The standard InChI is InChI=1S/C8H14N4O.2ClH/c1-6-10-8(13-11-6)7-5-12(2)4-3-9-7;;/h7,9H,3-5H2,1-2H3;2*1H. The average Bonchev–Trinajstić information content (AvgIpc) is 2.52. The van der Waals surface area contributed by atoms with Gasteiger partial charge in [-0.2, -0.15) is 4.98 Å². The predicted octanol–water partition coefficient (Wildman–Crippen LogP) is 0.798. The maximum Gasteiger partial charge on any atom is 0.245 e. The van der Waals surface area contributed by atoms with Crippen molar-refractivity contribution in [2.24, 2.45) is 0 Å². The molecule has 0 aliphatic carbocycles. The molecule has 15 heavy (non-hydrogen) atoms. The largest absolute Gasteiger partial charge is 0.338 e. The molecule has 0 spiro atoms. The van der Waals surface area contributed by atoms with Gasteiger partial charge in [0, 0.05) is 19.6 Å². The van der Waals surface area contributed by atoms with Crippen molar-refractivity contribution in [2.45, 2.75) is 13.0 Å². The van der Waals surface area contributed by atoms with E-state index in [1.54, 1.807) is 0 Å². The van der Waals surface area contributed by atoms with E-state index in [9.17, 15) is 0 Å². The Hall–Kier alpha value is -0.360. The highest BCUT2D eigenvalue weighted by atomic mass is 35.5. The molecule has 0 aromatic carbocycles. The average molecular weight is 255 g/mol. The molecule has 1 fully saturated rings. The molecule has 88 valence electrons. The Kier molecular flexibility index (Phi) is 6.12. The number of aromatic nitrogens is 2. The molecule has 1 aromatic heterocycles. The van der Waals surface area contributed by atoms with Gasteiger partial charge >= 0.3 is 0 Å². The van der Waals surface area contributed by atoms with Crippen LogP contribution in [-0.2, 0) is 0 Å². The lowest BCUT2D eigenvalue weighted by Gasteiger charge is -2.28. The van der Waals surface area contributed by atoms with E-state index in [4.69, 9.17) is 4.52 Å². The minimum atomic E-state index is 0. The number of hydrogen-bond acceptors (Lipinski definition) is 5. The quantitative estimate of drug-likeness (QED) is 0.804. The third-order valence-electron chi connectivity index (χ3n) is 2.22. The number of hydrogen-bond donors (Lipinski definition) is 1. The first kappa shape index (κ1) is 14.6. The van der Waals surface area contributed by atoms with Crippen molar-refractivity contribution in [2.75, 3.05) is 26.7 Å². The number of aryl methyl sites for hydroxylation is 1. The summed E-state index contributed by atoms with van der Waals surface area (Å²) in [5.41, 5.74) is 0. The van der Waals surface area contributed by atoms with Gasteiger partial charge in [0.05, 0.1) is 0 Å². The molecule has 1 unspecified atom stereocenters.